The highest BCUT2D eigenvalue weighted by Gasteiger charge is 2.02. The van der Waals surface area contributed by atoms with Gasteiger partial charge in [0.1, 0.15) is 5.75 Å². The minimum absolute atomic E-state index is 0.613. The van der Waals surface area contributed by atoms with Crippen LogP contribution < -0.4 is 10.0 Å². The lowest BCUT2D eigenvalue weighted by atomic mass is 10.2. The van der Waals surface area contributed by atoms with Crippen LogP contribution in [0.15, 0.2) is 18.2 Å². The summed E-state index contributed by atoms with van der Waals surface area (Å²) in [6.45, 7) is 4.90. The molecule has 0 aromatic heterocycles. The van der Waals surface area contributed by atoms with Gasteiger partial charge in [0.2, 0.25) is 0 Å². The highest BCUT2D eigenvalue weighted by molar-refractivity contribution is 7.27. The van der Waals surface area contributed by atoms with Gasteiger partial charge in [0.05, 0.1) is 26.4 Å². The van der Waals surface area contributed by atoms with Gasteiger partial charge >= 0.3 is 0 Å². The van der Waals surface area contributed by atoms with Crippen LogP contribution in [-0.4, -0.2) is 26.9 Å². The molecule has 1 rings (SSSR count). The number of unbranched alkanes of at least 4 members (excludes halogenated alkanes) is 4. The van der Waals surface area contributed by atoms with Crippen molar-refractivity contribution in [3.63, 3.8) is 0 Å². The summed E-state index contributed by atoms with van der Waals surface area (Å²) in [6, 6.07) is 6.19. The molecule has 1 atom stereocenters. The highest BCUT2D eigenvalue weighted by atomic mass is 31.0. The zero-order valence-electron chi connectivity index (χ0n) is 13.4. The van der Waals surface area contributed by atoms with Crippen LogP contribution >= 0.6 is 9.24 Å². The summed E-state index contributed by atoms with van der Waals surface area (Å²) in [5.74, 6) is 0.955. The van der Waals surface area contributed by atoms with E-state index in [1.54, 1.807) is 7.11 Å². The SMILES string of the molecule is CCCCCCCOc1ccc(COCCOC)cc1P. The Labute approximate surface area is 131 Å². The molecular formula is C17H29O3P. The van der Waals surface area contributed by atoms with E-state index in [-0.39, 0.29) is 0 Å². The molecule has 0 radical (unpaired) electrons. The zero-order valence-corrected chi connectivity index (χ0v) is 14.6. The van der Waals surface area contributed by atoms with Gasteiger partial charge in [-0.05, 0) is 24.1 Å². The first-order valence-corrected chi connectivity index (χ1v) is 8.43. The first-order valence-electron chi connectivity index (χ1n) is 7.85. The van der Waals surface area contributed by atoms with E-state index < -0.39 is 0 Å². The largest absolute Gasteiger partial charge is 0.493 e. The average molecular weight is 312 g/mol. The smallest absolute Gasteiger partial charge is 0.126 e. The van der Waals surface area contributed by atoms with Crippen LogP contribution in [0.2, 0.25) is 0 Å². The van der Waals surface area contributed by atoms with Crippen LogP contribution in [0.25, 0.3) is 0 Å². The van der Waals surface area contributed by atoms with E-state index in [2.05, 4.69) is 28.3 Å². The van der Waals surface area contributed by atoms with Crippen molar-refractivity contribution < 1.29 is 14.2 Å². The van der Waals surface area contributed by atoms with Crippen molar-refractivity contribution in [3.05, 3.63) is 23.8 Å². The maximum absolute atomic E-state index is 5.83. The fourth-order valence-electron chi connectivity index (χ4n) is 2.04. The van der Waals surface area contributed by atoms with E-state index in [4.69, 9.17) is 14.2 Å². The average Bonchev–Trinajstić information content (AvgIpc) is 2.49. The monoisotopic (exact) mass is 312 g/mol. The van der Waals surface area contributed by atoms with Crippen molar-refractivity contribution in [1.29, 1.82) is 0 Å². The third-order valence-electron chi connectivity index (χ3n) is 3.28. The maximum atomic E-state index is 5.83. The van der Waals surface area contributed by atoms with E-state index in [9.17, 15) is 0 Å². The van der Waals surface area contributed by atoms with Crippen molar-refractivity contribution >= 4 is 14.5 Å². The van der Waals surface area contributed by atoms with Crippen LogP contribution in [0.5, 0.6) is 5.75 Å². The molecule has 120 valence electrons. The van der Waals surface area contributed by atoms with Gasteiger partial charge < -0.3 is 14.2 Å². The second-order valence-corrected chi connectivity index (χ2v) is 5.80. The molecule has 21 heavy (non-hydrogen) atoms. The number of hydrogen-bond donors (Lipinski definition) is 0. The summed E-state index contributed by atoms with van der Waals surface area (Å²) in [5.41, 5.74) is 1.16. The molecule has 0 amide bonds. The Morgan fingerprint density at radius 1 is 1.00 bits per heavy atom. The number of hydrogen-bond acceptors (Lipinski definition) is 3. The molecule has 0 aliphatic heterocycles. The Morgan fingerprint density at radius 3 is 2.52 bits per heavy atom. The third-order valence-corrected chi connectivity index (χ3v) is 3.73. The van der Waals surface area contributed by atoms with Gasteiger partial charge in [-0.3, -0.25) is 0 Å². The number of rotatable bonds is 12. The molecule has 0 saturated carbocycles. The summed E-state index contributed by atoms with van der Waals surface area (Å²) in [5, 5.41) is 1.09. The highest BCUT2D eigenvalue weighted by Crippen LogP contribution is 2.14. The number of methoxy groups -OCH3 is 1. The first-order chi connectivity index (χ1) is 10.3. The second-order valence-electron chi connectivity index (χ2n) is 5.18. The number of benzene rings is 1. The van der Waals surface area contributed by atoms with Crippen LogP contribution in [0, 0.1) is 0 Å². The zero-order chi connectivity index (χ0) is 15.3. The predicted octanol–water partition coefficient (Wildman–Crippen LogP) is 3.70. The Kier molecular flexibility index (Phi) is 10.5. The van der Waals surface area contributed by atoms with Gasteiger partial charge in [-0.15, -0.1) is 9.24 Å². The molecule has 0 heterocycles. The Bertz CT molecular complexity index is 382. The fraction of sp³-hybridized carbons (Fsp3) is 0.647. The number of ether oxygens (including phenoxy) is 3. The van der Waals surface area contributed by atoms with E-state index in [0.29, 0.717) is 19.8 Å². The van der Waals surface area contributed by atoms with Crippen molar-refractivity contribution in [1.82, 2.24) is 0 Å². The molecule has 0 aliphatic rings. The third kappa shape index (κ3) is 8.40. The Balaban J connectivity index is 2.26. The van der Waals surface area contributed by atoms with Crippen LogP contribution in [-0.2, 0) is 16.1 Å². The maximum Gasteiger partial charge on any atom is 0.126 e. The van der Waals surface area contributed by atoms with Crippen LogP contribution in [0.3, 0.4) is 0 Å². The molecule has 0 saturated heterocycles. The Morgan fingerprint density at radius 2 is 1.81 bits per heavy atom. The molecule has 3 nitrogen and oxygen atoms in total. The lowest BCUT2D eigenvalue weighted by molar-refractivity contribution is 0.0617. The quantitative estimate of drug-likeness (QED) is 0.435. The molecule has 4 heteroatoms. The Hall–Kier alpha value is -0.630. The van der Waals surface area contributed by atoms with Gasteiger partial charge in [-0.25, -0.2) is 0 Å². The topological polar surface area (TPSA) is 27.7 Å². The molecule has 0 bridgehead atoms. The lowest BCUT2D eigenvalue weighted by Gasteiger charge is -2.11. The summed E-state index contributed by atoms with van der Waals surface area (Å²) < 4.78 is 16.3. The first kappa shape index (κ1) is 18.4. The standard InChI is InChI=1S/C17H29O3P/c1-3-4-5-6-7-10-20-16-9-8-15(13-17(16)21)14-19-12-11-18-2/h8-9,13H,3-7,10-12,14,21H2,1-2H3. The van der Waals surface area contributed by atoms with Gasteiger partial charge in [0.15, 0.2) is 0 Å². The second kappa shape index (κ2) is 12.0. The summed E-state index contributed by atoms with van der Waals surface area (Å²) in [6.07, 6.45) is 6.31. The molecule has 1 unspecified atom stereocenters. The minimum atomic E-state index is 0.613. The van der Waals surface area contributed by atoms with E-state index in [1.807, 2.05) is 6.07 Å². The summed E-state index contributed by atoms with van der Waals surface area (Å²) in [7, 11) is 4.42. The van der Waals surface area contributed by atoms with Crippen LogP contribution in [0.1, 0.15) is 44.6 Å². The van der Waals surface area contributed by atoms with E-state index in [1.165, 1.54) is 25.7 Å². The molecular weight excluding hydrogens is 283 g/mol. The summed E-state index contributed by atoms with van der Waals surface area (Å²) >= 11 is 0. The van der Waals surface area contributed by atoms with Gasteiger partial charge in [0.25, 0.3) is 0 Å². The van der Waals surface area contributed by atoms with E-state index >= 15 is 0 Å². The summed E-state index contributed by atoms with van der Waals surface area (Å²) in [4.78, 5) is 0. The van der Waals surface area contributed by atoms with Gasteiger partial charge in [-0.2, -0.15) is 0 Å². The van der Waals surface area contributed by atoms with Crippen molar-refractivity contribution in [2.45, 2.75) is 45.6 Å². The van der Waals surface area contributed by atoms with E-state index in [0.717, 1.165) is 29.6 Å². The molecule has 0 spiro atoms. The van der Waals surface area contributed by atoms with Crippen LogP contribution in [0.4, 0.5) is 0 Å². The fourth-order valence-corrected chi connectivity index (χ4v) is 2.43. The molecule has 1 aromatic rings. The van der Waals surface area contributed by atoms with Crippen molar-refractivity contribution in [3.8, 4) is 5.75 Å². The van der Waals surface area contributed by atoms with Crippen molar-refractivity contribution in [2.24, 2.45) is 0 Å². The molecule has 1 aromatic carbocycles. The minimum Gasteiger partial charge on any atom is -0.493 e. The molecule has 0 N–H and O–H groups in total. The molecule has 0 fully saturated rings. The lowest BCUT2D eigenvalue weighted by Crippen LogP contribution is -2.07. The molecule has 0 aliphatic carbocycles. The van der Waals surface area contributed by atoms with Gasteiger partial charge in [0, 0.05) is 12.4 Å². The van der Waals surface area contributed by atoms with Gasteiger partial charge in [-0.1, -0.05) is 38.7 Å². The normalized spacial score (nSPS) is 10.8. The van der Waals surface area contributed by atoms with Crippen molar-refractivity contribution in [2.75, 3.05) is 26.9 Å². The predicted molar refractivity (Wildman–Crippen MR) is 91.6 cm³/mol.